The number of carbonyl (C=O) groups excluding carboxylic acids is 1. The lowest BCUT2D eigenvalue weighted by molar-refractivity contribution is -0.138. The van der Waals surface area contributed by atoms with Gasteiger partial charge in [0.05, 0.1) is 11.1 Å². The van der Waals surface area contributed by atoms with Gasteiger partial charge in [0, 0.05) is 23.2 Å². The van der Waals surface area contributed by atoms with E-state index >= 15 is 0 Å². The Morgan fingerprint density at radius 1 is 1.20 bits per heavy atom. The summed E-state index contributed by atoms with van der Waals surface area (Å²) in [5, 5.41) is 2.83. The van der Waals surface area contributed by atoms with Crippen molar-refractivity contribution in [1.82, 2.24) is 10.3 Å². The second kappa shape index (κ2) is 6.84. The molecule has 3 rings (SSSR count). The molecule has 25 heavy (non-hydrogen) atoms. The molecule has 1 amide bonds. The summed E-state index contributed by atoms with van der Waals surface area (Å²) in [4.78, 5) is 16.1. The maximum absolute atomic E-state index is 13.3. The van der Waals surface area contributed by atoms with Crippen molar-refractivity contribution < 1.29 is 18.0 Å². The Morgan fingerprint density at radius 2 is 1.96 bits per heavy atom. The fourth-order valence-corrected chi connectivity index (χ4v) is 3.32. The average Bonchev–Trinajstić information content (AvgIpc) is 2.52. The Labute approximate surface area is 152 Å². The van der Waals surface area contributed by atoms with E-state index in [1.54, 1.807) is 6.07 Å². The molecule has 1 heterocycles. The zero-order valence-corrected chi connectivity index (χ0v) is 14.3. The van der Waals surface area contributed by atoms with Gasteiger partial charge in [-0.05, 0) is 42.7 Å². The van der Waals surface area contributed by atoms with Crippen LogP contribution in [0.1, 0.15) is 40.2 Å². The fourth-order valence-electron chi connectivity index (χ4n) is 2.94. The van der Waals surface area contributed by atoms with Crippen molar-refractivity contribution in [3.8, 4) is 0 Å². The van der Waals surface area contributed by atoms with Crippen molar-refractivity contribution in [1.29, 1.82) is 0 Å². The zero-order chi connectivity index (χ0) is 18.2. The van der Waals surface area contributed by atoms with Crippen LogP contribution in [0.2, 0.25) is 10.2 Å². The molecule has 132 valence electrons. The van der Waals surface area contributed by atoms with Gasteiger partial charge in [0.1, 0.15) is 5.15 Å². The molecule has 1 aliphatic rings. The van der Waals surface area contributed by atoms with Crippen LogP contribution in [0.25, 0.3) is 0 Å². The Kier molecular flexibility index (Phi) is 4.93. The molecule has 1 fully saturated rings. The van der Waals surface area contributed by atoms with E-state index in [0.717, 1.165) is 6.07 Å². The van der Waals surface area contributed by atoms with Crippen LogP contribution in [0.15, 0.2) is 36.5 Å². The van der Waals surface area contributed by atoms with Gasteiger partial charge in [0.15, 0.2) is 0 Å². The van der Waals surface area contributed by atoms with Crippen LogP contribution in [-0.2, 0) is 6.18 Å². The highest BCUT2D eigenvalue weighted by Gasteiger charge is 2.41. The number of hydrogen-bond acceptors (Lipinski definition) is 2. The Morgan fingerprint density at radius 3 is 2.56 bits per heavy atom. The number of aromatic nitrogens is 1. The molecule has 0 aliphatic heterocycles. The van der Waals surface area contributed by atoms with Crippen molar-refractivity contribution in [2.45, 2.75) is 31.0 Å². The quantitative estimate of drug-likeness (QED) is 0.744. The molecule has 1 aliphatic carbocycles. The lowest BCUT2D eigenvalue weighted by Crippen LogP contribution is -2.46. The van der Waals surface area contributed by atoms with Crippen LogP contribution in [0.3, 0.4) is 0 Å². The fraction of sp³-hybridized carbons (Fsp3) is 0.294. The number of nitrogens with zero attached hydrogens (tertiary/aromatic N) is 1. The van der Waals surface area contributed by atoms with Crippen LogP contribution in [0.4, 0.5) is 13.2 Å². The lowest BCUT2D eigenvalue weighted by Gasteiger charge is -2.38. The first-order valence-corrected chi connectivity index (χ1v) is 8.31. The second-order valence-electron chi connectivity index (χ2n) is 5.83. The first-order chi connectivity index (χ1) is 11.8. The van der Waals surface area contributed by atoms with Crippen LogP contribution in [0, 0.1) is 0 Å². The summed E-state index contributed by atoms with van der Waals surface area (Å²) in [5.74, 6) is -0.872. The van der Waals surface area contributed by atoms with Crippen molar-refractivity contribution in [3.63, 3.8) is 0 Å². The van der Waals surface area contributed by atoms with Gasteiger partial charge in [-0.1, -0.05) is 29.3 Å². The highest BCUT2D eigenvalue weighted by Crippen LogP contribution is 2.44. The smallest absolute Gasteiger partial charge is 0.349 e. The van der Waals surface area contributed by atoms with Gasteiger partial charge in [0.2, 0.25) is 0 Å². The van der Waals surface area contributed by atoms with Gasteiger partial charge in [-0.2, -0.15) is 13.2 Å². The van der Waals surface area contributed by atoms with E-state index in [0.29, 0.717) is 12.8 Å². The van der Waals surface area contributed by atoms with Gasteiger partial charge in [-0.25, -0.2) is 4.98 Å². The third-order valence-corrected chi connectivity index (χ3v) is 4.85. The molecule has 1 N–H and O–H groups in total. The molecular weight excluding hydrogens is 376 g/mol. The van der Waals surface area contributed by atoms with Crippen LogP contribution in [-0.4, -0.2) is 16.9 Å². The molecule has 1 saturated carbocycles. The third kappa shape index (κ3) is 3.75. The van der Waals surface area contributed by atoms with Gasteiger partial charge < -0.3 is 5.32 Å². The Balaban J connectivity index is 1.82. The van der Waals surface area contributed by atoms with Crippen LogP contribution >= 0.6 is 23.2 Å². The second-order valence-corrected chi connectivity index (χ2v) is 6.63. The van der Waals surface area contributed by atoms with Gasteiger partial charge >= 0.3 is 6.18 Å². The summed E-state index contributed by atoms with van der Waals surface area (Å²) >= 11 is 11.6. The van der Waals surface area contributed by atoms with Crippen LogP contribution in [0.5, 0.6) is 0 Å². The minimum absolute atomic E-state index is 0.0260. The largest absolute Gasteiger partial charge is 0.416 e. The highest BCUT2D eigenvalue weighted by atomic mass is 35.5. The molecule has 0 saturated heterocycles. The minimum Gasteiger partial charge on any atom is -0.349 e. The van der Waals surface area contributed by atoms with E-state index in [1.165, 1.54) is 24.4 Å². The van der Waals surface area contributed by atoms with Crippen molar-refractivity contribution in [2.75, 3.05) is 0 Å². The van der Waals surface area contributed by atoms with E-state index in [2.05, 4.69) is 10.3 Å². The predicted octanol–water partition coefficient (Wildman–Crippen LogP) is 5.08. The third-order valence-electron chi connectivity index (χ3n) is 4.31. The number of alkyl halides is 3. The molecule has 3 nitrogen and oxygen atoms in total. The van der Waals surface area contributed by atoms with Gasteiger partial charge in [0.25, 0.3) is 5.91 Å². The summed E-state index contributed by atoms with van der Waals surface area (Å²) in [7, 11) is 0. The standard InChI is InChI=1S/C17H13Cl2F3N2O/c18-9-3-4-10(13(8-9)17(20,21)22)11-5-6-14(11)24-16(25)12-2-1-7-23-15(12)19/h1-4,7-8,11,14H,5-6H2,(H,24,25). The van der Waals surface area contributed by atoms with Crippen molar-refractivity contribution in [3.05, 3.63) is 63.4 Å². The normalized spacial score (nSPS) is 20.0. The van der Waals surface area contributed by atoms with E-state index in [1.807, 2.05) is 0 Å². The summed E-state index contributed by atoms with van der Waals surface area (Å²) < 4.78 is 39.9. The van der Waals surface area contributed by atoms with Gasteiger partial charge in [-0.3, -0.25) is 4.79 Å². The van der Waals surface area contributed by atoms with Crippen molar-refractivity contribution >= 4 is 29.1 Å². The number of benzene rings is 1. The molecule has 2 atom stereocenters. The molecule has 0 radical (unpaired) electrons. The van der Waals surface area contributed by atoms with E-state index in [-0.39, 0.29) is 21.3 Å². The Bertz CT molecular complexity index is 811. The first-order valence-electron chi connectivity index (χ1n) is 7.55. The monoisotopic (exact) mass is 388 g/mol. The first kappa shape index (κ1) is 18.0. The molecule has 0 spiro atoms. The predicted molar refractivity (Wildman–Crippen MR) is 88.9 cm³/mol. The van der Waals surface area contributed by atoms with E-state index < -0.39 is 29.6 Å². The molecule has 1 aromatic heterocycles. The maximum Gasteiger partial charge on any atom is 0.416 e. The number of carbonyl (C=O) groups is 1. The number of nitrogens with one attached hydrogen (secondary N) is 1. The Hall–Kier alpha value is -1.79. The van der Waals surface area contributed by atoms with Crippen LogP contribution < -0.4 is 5.32 Å². The molecule has 8 heteroatoms. The van der Waals surface area contributed by atoms with E-state index in [4.69, 9.17) is 23.2 Å². The van der Waals surface area contributed by atoms with Gasteiger partial charge in [-0.15, -0.1) is 0 Å². The molecule has 0 bridgehead atoms. The number of hydrogen-bond donors (Lipinski definition) is 1. The molecule has 2 unspecified atom stereocenters. The number of pyridine rings is 1. The SMILES string of the molecule is O=C(NC1CCC1c1ccc(Cl)cc1C(F)(F)F)c1cccnc1Cl. The summed E-state index contributed by atoms with van der Waals surface area (Å²) in [6.07, 6.45) is -1.91. The summed E-state index contributed by atoms with van der Waals surface area (Å²) in [6, 6.07) is 6.42. The van der Waals surface area contributed by atoms with E-state index in [9.17, 15) is 18.0 Å². The molecule has 1 aromatic carbocycles. The number of halogens is 5. The molecular formula is C17H13Cl2F3N2O. The topological polar surface area (TPSA) is 42.0 Å². The summed E-state index contributed by atoms with van der Waals surface area (Å²) in [5.41, 5.74) is -0.420. The average molecular weight is 389 g/mol. The highest BCUT2D eigenvalue weighted by molar-refractivity contribution is 6.32. The molecule has 2 aromatic rings. The zero-order valence-electron chi connectivity index (χ0n) is 12.8. The number of amides is 1. The minimum atomic E-state index is -4.50. The van der Waals surface area contributed by atoms with Crippen molar-refractivity contribution in [2.24, 2.45) is 0 Å². The summed E-state index contributed by atoms with van der Waals surface area (Å²) in [6.45, 7) is 0. The lowest BCUT2D eigenvalue weighted by atomic mass is 9.73. The number of rotatable bonds is 3. The maximum atomic E-state index is 13.3.